The summed E-state index contributed by atoms with van der Waals surface area (Å²) in [5, 5.41) is 0.705. The third-order valence-electron chi connectivity index (χ3n) is 3.91. The highest BCUT2D eigenvalue weighted by Gasteiger charge is 2.38. The summed E-state index contributed by atoms with van der Waals surface area (Å²) in [6.07, 6.45) is 1.64. The van der Waals surface area contributed by atoms with Gasteiger partial charge in [-0.3, -0.25) is 4.79 Å². The Hall–Kier alpha value is -2.28. The van der Waals surface area contributed by atoms with E-state index in [2.05, 4.69) is 0 Å². The molecule has 25 heavy (non-hydrogen) atoms. The van der Waals surface area contributed by atoms with E-state index in [1.807, 2.05) is 0 Å². The maximum atomic E-state index is 13.2. The molecule has 0 bridgehead atoms. The van der Waals surface area contributed by atoms with Crippen molar-refractivity contribution >= 4 is 44.8 Å². The normalized spacial score (nSPS) is 15.4. The molecule has 0 N–H and O–H groups in total. The fourth-order valence-electron chi connectivity index (χ4n) is 2.80. The third kappa shape index (κ3) is 2.45. The Morgan fingerprint density at radius 3 is 2.28 bits per heavy atom. The molecule has 0 spiro atoms. The predicted molar refractivity (Wildman–Crippen MR) is 96.2 cm³/mol. The molecule has 5 nitrogen and oxygen atoms in total. The molecule has 0 fully saturated rings. The molecule has 0 saturated heterocycles. The number of benzene rings is 2. The minimum absolute atomic E-state index is 0.0433. The summed E-state index contributed by atoms with van der Waals surface area (Å²) in [5.41, 5.74) is 0.809. The summed E-state index contributed by atoms with van der Waals surface area (Å²) in [5.74, 6) is -0.653. The highest BCUT2D eigenvalue weighted by molar-refractivity contribution is 7.93. The highest BCUT2D eigenvalue weighted by atomic mass is 35.5. The Kier molecular flexibility index (Phi) is 3.64. The molecule has 8 heteroatoms. The number of sulfonamides is 1. The van der Waals surface area contributed by atoms with Gasteiger partial charge < -0.3 is 4.57 Å². The van der Waals surface area contributed by atoms with Crippen molar-refractivity contribution in [1.82, 2.24) is 4.57 Å². The monoisotopic (exact) mass is 392 g/mol. The van der Waals surface area contributed by atoms with Crippen molar-refractivity contribution in [1.29, 1.82) is 0 Å². The number of carbonyl (C=O) groups excluding carboxylic acids is 1. The van der Waals surface area contributed by atoms with E-state index in [0.29, 0.717) is 10.7 Å². The molecule has 0 unspecified atom stereocenters. The summed E-state index contributed by atoms with van der Waals surface area (Å²) in [4.78, 5) is 13.0. The number of aromatic nitrogens is 1. The molecule has 0 radical (unpaired) electrons. The van der Waals surface area contributed by atoms with E-state index in [1.165, 1.54) is 30.3 Å². The topological polar surface area (TPSA) is 59.4 Å². The van der Waals surface area contributed by atoms with Crippen LogP contribution >= 0.6 is 23.2 Å². The summed E-state index contributed by atoms with van der Waals surface area (Å²) in [6, 6.07) is 13.8. The number of rotatable bonds is 1. The summed E-state index contributed by atoms with van der Waals surface area (Å²) < 4.78 is 28.8. The van der Waals surface area contributed by atoms with E-state index >= 15 is 0 Å². The van der Waals surface area contributed by atoms with Gasteiger partial charge in [-0.15, -0.1) is 0 Å². The molecule has 1 amide bonds. The van der Waals surface area contributed by atoms with Crippen LogP contribution in [0.15, 0.2) is 65.7 Å². The molecule has 2 heterocycles. The van der Waals surface area contributed by atoms with Gasteiger partial charge in [-0.05, 0) is 54.6 Å². The molecule has 2 aromatic carbocycles. The quantitative estimate of drug-likeness (QED) is 0.625. The van der Waals surface area contributed by atoms with Gasteiger partial charge in [0.05, 0.1) is 11.4 Å². The van der Waals surface area contributed by atoms with Crippen molar-refractivity contribution < 1.29 is 13.2 Å². The van der Waals surface area contributed by atoms with Gasteiger partial charge in [0.25, 0.3) is 15.9 Å². The van der Waals surface area contributed by atoms with Crippen LogP contribution in [0.25, 0.3) is 5.69 Å². The second-order valence-electron chi connectivity index (χ2n) is 5.43. The predicted octanol–water partition coefficient (Wildman–Crippen LogP) is 4.13. The van der Waals surface area contributed by atoms with E-state index in [0.717, 1.165) is 4.31 Å². The SMILES string of the molecule is O=C1c2cccn2-c2ccc(Cl)cc2S(=O)(=O)N1c1ccc(Cl)cc1. The summed E-state index contributed by atoms with van der Waals surface area (Å²) >= 11 is 11.9. The van der Waals surface area contributed by atoms with Crippen LogP contribution in [0.3, 0.4) is 0 Å². The zero-order valence-electron chi connectivity index (χ0n) is 12.6. The third-order valence-corrected chi connectivity index (χ3v) is 6.14. The maximum absolute atomic E-state index is 13.2. The number of carbonyl (C=O) groups is 1. The van der Waals surface area contributed by atoms with E-state index in [-0.39, 0.29) is 21.3 Å². The lowest BCUT2D eigenvalue weighted by atomic mass is 10.3. The number of nitrogens with zero attached hydrogens (tertiary/aromatic N) is 2. The van der Waals surface area contributed by atoms with Gasteiger partial charge in [0.2, 0.25) is 0 Å². The van der Waals surface area contributed by atoms with E-state index in [1.54, 1.807) is 35.0 Å². The van der Waals surface area contributed by atoms with Crippen molar-refractivity contribution in [2.75, 3.05) is 4.31 Å². The molecule has 1 aliphatic rings. The van der Waals surface area contributed by atoms with Crippen molar-refractivity contribution in [3.63, 3.8) is 0 Å². The zero-order chi connectivity index (χ0) is 17.8. The molecule has 0 aliphatic carbocycles. The second kappa shape index (κ2) is 5.62. The van der Waals surface area contributed by atoms with Crippen molar-refractivity contribution in [2.45, 2.75) is 4.90 Å². The summed E-state index contributed by atoms with van der Waals surface area (Å²) in [7, 11) is -4.16. The van der Waals surface area contributed by atoms with Gasteiger partial charge in [-0.2, -0.15) is 4.31 Å². The maximum Gasteiger partial charge on any atom is 0.289 e. The van der Waals surface area contributed by atoms with Crippen molar-refractivity contribution in [3.8, 4) is 5.69 Å². The number of amides is 1. The number of hydrogen-bond donors (Lipinski definition) is 0. The Balaban J connectivity index is 2.07. The number of fused-ring (bicyclic) bond motifs is 3. The van der Waals surface area contributed by atoms with Gasteiger partial charge in [0, 0.05) is 16.2 Å². The van der Waals surface area contributed by atoms with Gasteiger partial charge >= 0.3 is 0 Å². The first-order chi connectivity index (χ1) is 11.9. The van der Waals surface area contributed by atoms with Crippen LogP contribution in [0.2, 0.25) is 10.0 Å². The zero-order valence-corrected chi connectivity index (χ0v) is 14.9. The number of hydrogen-bond acceptors (Lipinski definition) is 3. The van der Waals surface area contributed by atoms with Crippen LogP contribution in [0.1, 0.15) is 10.5 Å². The average Bonchev–Trinajstić information content (AvgIpc) is 3.04. The molecule has 4 rings (SSSR count). The lowest BCUT2D eigenvalue weighted by Gasteiger charge is -2.20. The molecule has 1 aliphatic heterocycles. The molecule has 3 aromatic rings. The Morgan fingerprint density at radius 2 is 1.56 bits per heavy atom. The van der Waals surface area contributed by atoms with Gasteiger partial charge in [-0.25, -0.2) is 8.42 Å². The smallest absolute Gasteiger partial charge is 0.289 e. The summed E-state index contributed by atoms with van der Waals surface area (Å²) in [6.45, 7) is 0. The Bertz CT molecular complexity index is 1110. The largest absolute Gasteiger partial charge is 0.311 e. The standard InChI is InChI=1S/C17H10Cl2N2O3S/c18-11-3-6-13(7-4-11)21-17(22)15-2-1-9-20(15)14-8-5-12(19)10-16(14)25(21,23)24/h1-10H. The average molecular weight is 393 g/mol. The lowest BCUT2D eigenvalue weighted by Crippen LogP contribution is -2.36. The number of anilines is 1. The Labute approximate surface area is 154 Å². The van der Waals surface area contributed by atoms with Crippen LogP contribution in [0.5, 0.6) is 0 Å². The fourth-order valence-corrected chi connectivity index (χ4v) is 4.78. The molecular formula is C17H10Cl2N2O3S. The first-order valence-corrected chi connectivity index (χ1v) is 9.42. The van der Waals surface area contributed by atoms with E-state index < -0.39 is 15.9 Å². The molecular weight excluding hydrogens is 383 g/mol. The lowest BCUT2D eigenvalue weighted by molar-refractivity contribution is 0.1000. The van der Waals surface area contributed by atoms with E-state index in [9.17, 15) is 13.2 Å². The van der Waals surface area contributed by atoms with Crippen LogP contribution in [-0.2, 0) is 10.0 Å². The van der Waals surface area contributed by atoms with E-state index in [4.69, 9.17) is 23.2 Å². The van der Waals surface area contributed by atoms with Gasteiger partial charge in [-0.1, -0.05) is 23.2 Å². The van der Waals surface area contributed by atoms with Gasteiger partial charge in [0.15, 0.2) is 0 Å². The number of halogens is 2. The van der Waals surface area contributed by atoms with Crippen molar-refractivity contribution in [2.24, 2.45) is 0 Å². The van der Waals surface area contributed by atoms with Crippen LogP contribution in [-0.4, -0.2) is 18.9 Å². The fraction of sp³-hybridized carbons (Fsp3) is 0. The van der Waals surface area contributed by atoms with Crippen molar-refractivity contribution in [3.05, 3.63) is 76.5 Å². The molecule has 126 valence electrons. The van der Waals surface area contributed by atoms with Crippen LogP contribution in [0, 0.1) is 0 Å². The van der Waals surface area contributed by atoms with Crippen LogP contribution in [0.4, 0.5) is 5.69 Å². The minimum atomic E-state index is -4.16. The minimum Gasteiger partial charge on any atom is -0.311 e. The second-order valence-corrected chi connectivity index (χ2v) is 8.05. The molecule has 0 atom stereocenters. The first kappa shape index (κ1) is 16.2. The van der Waals surface area contributed by atoms with Gasteiger partial charge in [0.1, 0.15) is 10.6 Å². The van der Waals surface area contributed by atoms with Crippen LogP contribution < -0.4 is 4.31 Å². The highest BCUT2D eigenvalue weighted by Crippen LogP contribution is 2.35. The first-order valence-electron chi connectivity index (χ1n) is 7.22. The molecule has 1 aromatic heterocycles. The Morgan fingerprint density at radius 1 is 0.880 bits per heavy atom. The molecule has 0 saturated carbocycles.